The molecule has 1 heteroatoms. The molecule has 0 aliphatic heterocycles. The molecule has 1 aromatic heterocycles. The molecule has 0 fully saturated rings. The average molecular weight is 662 g/mol. The van der Waals surface area contributed by atoms with Crippen LogP contribution in [0.3, 0.4) is 0 Å². The zero-order valence-electron chi connectivity index (χ0n) is 41.6. The van der Waals surface area contributed by atoms with Crippen LogP contribution in [0.25, 0.3) is 109 Å². The van der Waals surface area contributed by atoms with Crippen LogP contribution in [0.15, 0.2) is 186 Å². The Bertz CT molecular complexity index is 3980. The molecule has 51 heavy (non-hydrogen) atoms. The third-order valence-corrected chi connectivity index (χ3v) is 9.71. The summed E-state index contributed by atoms with van der Waals surface area (Å²) in [7, 11) is 0. The second-order valence-corrected chi connectivity index (χ2v) is 12.4. The van der Waals surface area contributed by atoms with Gasteiger partial charge in [0.1, 0.15) is 11.2 Å². The van der Waals surface area contributed by atoms with Crippen molar-refractivity contribution in [1.82, 2.24) is 0 Å². The van der Waals surface area contributed by atoms with Crippen LogP contribution in [0.4, 0.5) is 0 Å². The molecule has 11 aromatic rings. The van der Waals surface area contributed by atoms with Crippen molar-refractivity contribution in [3.8, 4) is 33.4 Å². The van der Waals surface area contributed by atoms with Crippen molar-refractivity contribution in [2.75, 3.05) is 0 Å². The summed E-state index contributed by atoms with van der Waals surface area (Å²) in [4.78, 5) is 0. The lowest BCUT2D eigenvalue weighted by Crippen LogP contribution is -1.94. The predicted molar refractivity (Wildman–Crippen MR) is 218 cm³/mol. The summed E-state index contributed by atoms with van der Waals surface area (Å²) < 4.78 is 144. The minimum absolute atomic E-state index is 0.0247. The van der Waals surface area contributed by atoms with Gasteiger partial charge in [-0.15, -0.1) is 0 Å². The summed E-state index contributed by atoms with van der Waals surface area (Å²) in [5.74, 6) is 0. The van der Waals surface area contributed by atoms with E-state index in [0.29, 0.717) is 38.6 Å². The topological polar surface area (TPSA) is 13.1 Å². The fraction of sp³-hybridized carbons (Fsp3) is 0. The van der Waals surface area contributed by atoms with Crippen LogP contribution in [-0.2, 0) is 0 Å². The van der Waals surface area contributed by atoms with Gasteiger partial charge in [0, 0.05) is 10.8 Å². The van der Waals surface area contributed by atoms with E-state index in [1.54, 1.807) is 6.07 Å². The van der Waals surface area contributed by atoms with E-state index in [1.165, 1.54) is 0 Å². The summed E-state index contributed by atoms with van der Waals surface area (Å²) >= 11 is 0. The summed E-state index contributed by atoms with van der Waals surface area (Å²) in [6.45, 7) is 0. The summed E-state index contributed by atoms with van der Waals surface area (Å²) in [6, 6.07) is 18.4. The number of benzene rings is 10. The lowest BCUT2D eigenvalue weighted by Gasteiger charge is -2.21. The predicted octanol–water partition coefficient (Wildman–Crippen LogP) is 14.4. The normalized spacial score (nSPS) is 16.0. The Balaban J connectivity index is 1.43. The van der Waals surface area contributed by atoms with E-state index >= 15 is 0 Å². The van der Waals surface area contributed by atoms with Crippen molar-refractivity contribution < 1.29 is 25.0 Å². The second kappa shape index (κ2) is 10.9. The molecule has 0 N–H and O–H groups in total. The van der Waals surface area contributed by atoms with E-state index in [0.717, 1.165) is 21.5 Å². The molecule has 0 bridgehead atoms. The van der Waals surface area contributed by atoms with Gasteiger partial charge < -0.3 is 4.42 Å². The van der Waals surface area contributed by atoms with E-state index in [2.05, 4.69) is 0 Å². The van der Waals surface area contributed by atoms with Crippen LogP contribution < -0.4 is 0 Å². The number of rotatable bonds is 3. The summed E-state index contributed by atoms with van der Waals surface area (Å²) in [5, 5.41) is 2.85. The molecule has 236 valence electrons. The molecular formula is C50H30O. The Morgan fingerprint density at radius 3 is 1.78 bits per heavy atom. The molecule has 0 spiro atoms. The standard InChI is InChI=1S/C50H30O/c1-2-14-33-28-36(25-24-31(33)12-1)47-38-18-7-9-20-41(38)50(42-21-10-8-19-39(42)47)49-37-17-6-5-13-32(37)26-27-43(49)40-22-11-23-45-48(40)44-29-34-15-3-4-16-35(34)30-46(44)51-45/h1-30H/i1D,2D,7D,8D,9D,10D,12D,14D,18D,19D,20D,21D,24D,25D,28D. The van der Waals surface area contributed by atoms with Gasteiger partial charge in [0.15, 0.2) is 0 Å². The van der Waals surface area contributed by atoms with Crippen LogP contribution >= 0.6 is 0 Å². The highest BCUT2D eigenvalue weighted by Crippen LogP contribution is 2.50. The van der Waals surface area contributed by atoms with E-state index in [4.69, 9.17) is 16.8 Å². The van der Waals surface area contributed by atoms with Gasteiger partial charge in [-0.3, -0.25) is 0 Å². The minimum atomic E-state index is -0.746. The monoisotopic (exact) mass is 661 g/mol. The van der Waals surface area contributed by atoms with Crippen molar-refractivity contribution >= 4 is 75.8 Å². The maximum Gasteiger partial charge on any atom is 0.136 e. The van der Waals surface area contributed by atoms with Gasteiger partial charge in [-0.2, -0.15) is 0 Å². The third-order valence-electron chi connectivity index (χ3n) is 9.71. The molecule has 0 radical (unpaired) electrons. The highest BCUT2D eigenvalue weighted by atomic mass is 16.3. The second-order valence-electron chi connectivity index (χ2n) is 12.4. The molecule has 0 aliphatic carbocycles. The smallest absolute Gasteiger partial charge is 0.136 e. The average Bonchev–Trinajstić information content (AvgIpc) is 3.69. The van der Waals surface area contributed by atoms with Crippen LogP contribution in [0.2, 0.25) is 0 Å². The van der Waals surface area contributed by atoms with Crippen LogP contribution in [0.5, 0.6) is 0 Å². The zero-order chi connectivity index (χ0) is 46.5. The van der Waals surface area contributed by atoms with Crippen LogP contribution in [0, 0.1) is 0 Å². The zero-order valence-corrected chi connectivity index (χ0v) is 26.6. The van der Waals surface area contributed by atoms with Crippen molar-refractivity contribution in [1.29, 1.82) is 0 Å². The number of furan rings is 1. The molecule has 0 amide bonds. The maximum atomic E-state index is 9.71. The Labute approximate surface area is 315 Å². The van der Waals surface area contributed by atoms with Gasteiger partial charge in [-0.25, -0.2) is 0 Å². The largest absolute Gasteiger partial charge is 0.456 e. The van der Waals surface area contributed by atoms with Gasteiger partial charge in [-0.1, -0.05) is 157 Å². The van der Waals surface area contributed by atoms with Crippen molar-refractivity contribution in [3.05, 3.63) is 182 Å². The first-order valence-corrected chi connectivity index (χ1v) is 16.4. The number of hydrogen-bond donors (Lipinski definition) is 0. The fourth-order valence-corrected chi connectivity index (χ4v) is 7.53. The van der Waals surface area contributed by atoms with Crippen molar-refractivity contribution in [2.45, 2.75) is 0 Å². The molecule has 1 nitrogen and oxygen atoms in total. The van der Waals surface area contributed by atoms with Gasteiger partial charge in [0.2, 0.25) is 0 Å². The highest BCUT2D eigenvalue weighted by Gasteiger charge is 2.23. The number of fused-ring (bicyclic) bond motifs is 8. The van der Waals surface area contributed by atoms with Gasteiger partial charge in [0.25, 0.3) is 0 Å². The van der Waals surface area contributed by atoms with E-state index in [1.807, 2.05) is 84.9 Å². The van der Waals surface area contributed by atoms with Crippen LogP contribution in [-0.4, -0.2) is 0 Å². The van der Waals surface area contributed by atoms with Crippen molar-refractivity contribution in [2.24, 2.45) is 0 Å². The van der Waals surface area contributed by atoms with Gasteiger partial charge in [-0.05, 0) is 111 Å². The Hall–Kier alpha value is -6.70. The molecular weight excluding hydrogens is 617 g/mol. The molecule has 11 rings (SSSR count). The molecule has 0 unspecified atom stereocenters. The maximum absolute atomic E-state index is 9.71. The van der Waals surface area contributed by atoms with Crippen molar-refractivity contribution in [3.63, 3.8) is 0 Å². The van der Waals surface area contributed by atoms with E-state index < -0.39 is 107 Å². The summed E-state index contributed by atoms with van der Waals surface area (Å²) in [6.07, 6.45) is 0. The SMILES string of the molecule is [2H]c1c([2H])c([2H])c2c([2H])c(-c3c4c([2H])c([2H])c([2H])c([2H])c4c(-c4c(-c5cccc6oc7cc8ccccc8cc7c56)ccc5ccccc45)c4c([2H])c([2H])c([2H])c([2H])c34)c([2H])c([2H])c2c1[2H]. The molecule has 0 saturated heterocycles. The Kier molecular flexibility index (Phi) is 3.70. The first-order chi connectivity index (χ1) is 31.5. The molecule has 0 saturated carbocycles. The van der Waals surface area contributed by atoms with Gasteiger partial charge >= 0.3 is 0 Å². The molecule has 0 aliphatic rings. The van der Waals surface area contributed by atoms with E-state index in [-0.39, 0.29) is 32.7 Å². The Morgan fingerprint density at radius 2 is 1.02 bits per heavy atom. The quantitative estimate of drug-likeness (QED) is 0.172. The molecule has 10 aromatic carbocycles. The van der Waals surface area contributed by atoms with Gasteiger partial charge in [0.05, 0.1) is 20.6 Å². The lowest BCUT2D eigenvalue weighted by atomic mass is 9.81. The lowest BCUT2D eigenvalue weighted by molar-refractivity contribution is 0.669. The first kappa shape index (κ1) is 17.3. The van der Waals surface area contributed by atoms with Crippen LogP contribution in [0.1, 0.15) is 20.6 Å². The first-order valence-electron chi connectivity index (χ1n) is 23.9. The Morgan fingerprint density at radius 1 is 0.373 bits per heavy atom. The number of hydrogen-bond acceptors (Lipinski definition) is 1. The fourth-order valence-electron chi connectivity index (χ4n) is 7.53. The third kappa shape index (κ3) is 4.22. The highest BCUT2D eigenvalue weighted by molar-refractivity contribution is 6.27. The van der Waals surface area contributed by atoms with E-state index in [9.17, 15) is 8.22 Å². The molecule has 1 heterocycles. The molecule has 0 atom stereocenters. The minimum Gasteiger partial charge on any atom is -0.456 e. The summed E-state index contributed by atoms with van der Waals surface area (Å²) in [5.41, 5.74) is 1.86.